The average Bonchev–Trinajstić information content (AvgIpc) is 3.47. The summed E-state index contributed by atoms with van der Waals surface area (Å²) in [5.41, 5.74) is 2.63. The Kier molecular flexibility index (Phi) is 16.0. The van der Waals surface area contributed by atoms with Crippen molar-refractivity contribution in [2.45, 2.75) is 119 Å². The molecule has 4 rings (SSSR count). The largest absolute Gasteiger partial charge is 0.466 e. The zero-order chi connectivity index (χ0) is 40.1. The Hall–Kier alpha value is -5.03. The van der Waals surface area contributed by atoms with Crippen LogP contribution in [0.1, 0.15) is 126 Å². The van der Waals surface area contributed by atoms with Crippen LogP contribution in [-0.4, -0.2) is 69.6 Å². The number of aliphatic hydroxyl groups is 1. The molecule has 0 saturated heterocycles. The van der Waals surface area contributed by atoms with Crippen LogP contribution in [-0.2, 0) is 30.5 Å². The number of hydrogen-bond donors (Lipinski definition) is 1. The predicted octanol–water partition coefficient (Wildman–Crippen LogP) is 8.76. The van der Waals surface area contributed by atoms with Gasteiger partial charge < -0.3 is 19.2 Å². The van der Waals surface area contributed by atoms with Crippen molar-refractivity contribution in [2.24, 2.45) is 16.1 Å². The number of aromatic nitrogens is 1. The van der Waals surface area contributed by atoms with E-state index in [1.165, 1.54) is 13.8 Å². The number of benzene rings is 3. The monoisotopic (exact) mass is 753 g/mol. The third-order valence-corrected chi connectivity index (χ3v) is 9.73. The number of esters is 1. The van der Waals surface area contributed by atoms with Crippen molar-refractivity contribution in [3.05, 3.63) is 59.7 Å². The molecule has 0 amide bonds. The van der Waals surface area contributed by atoms with Crippen LogP contribution < -0.4 is 0 Å². The maximum Gasteiger partial charge on any atom is 0.306 e. The SMILES string of the molecule is CCCCC(CC)Cn1c2ccc(C(=O)/C(CCC(=O)OCC)=N\CC(C)=O)cc2c2cc(C(=O)/C(CCC(=O)CCC)=N/OC(C)O)c3ccccc3c21. The Balaban J connectivity index is 1.98. The quantitative estimate of drug-likeness (QED) is 0.0259. The summed E-state index contributed by atoms with van der Waals surface area (Å²) in [4.78, 5) is 74.7. The fraction of sp³-hybridized carbons (Fsp3) is 0.477. The van der Waals surface area contributed by atoms with E-state index in [9.17, 15) is 29.1 Å². The minimum atomic E-state index is -1.26. The highest BCUT2D eigenvalue weighted by Gasteiger charge is 2.25. The molecule has 0 saturated carbocycles. The second-order valence-corrected chi connectivity index (χ2v) is 14.1. The van der Waals surface area contributed by atoms with Gasteiger partial charge in [-0.25, -0.2) is 0 Å². The highest BCUT2D eigenvalue weighted by atomic mass is 16.7. The van der Waals surface area contributed by atoms with E-state index in [2.05, 4.69) is 28.6 Å². The van der Waals surface area contributed by atoms with Crippen LogP contribution in [0.2, 0.25) is 0 Å². The molecule has 0 aliphatic rings. The number of carbonyl (C=O) groups excluding carboxylic acids is 5. The van der Waals surface area contributed by atoms with Crippen molar-refractivity contribution in [1.29, 1.82) is 0 Å². The normalized spacial score (nSPS) is 13.3. The molecule has 0 bridgehead atoms. The third kappa shape index (κ3) is 11.0. The van der Waals surface area contributed by atoms with Gasteiger partial charge in [0.2, 0.25) is 17.9 Å². The van der Waals surface area contributed by atoms with Gasteiger partial charge in [0.1, 0.15) is 11.5 Å². The number of hydrogen-bond acceptors (Lipinski definition) is 10. The number of ketones is 4. The summed E-state index contributed by atoms with van der Waals surface area (Å²) in [7, 11) is 0. The fourth-order valence-corrected chi connectivity index (χ4v) is 6.91. The molecule has 4 aromatic rings. The van der Waals surface area contributed by atoms with Gasteiger partial charge in [-0.15, -0.1) is 0 Å². The van der Waals surface area contributed by atoms with Crippen LogP contribution in [0.15, 0.2) is 58.7 Å². The number of carbonyl (C=O) groups is 5. The van der Waals surface area contributed by atoms with Gasteiger partial charge in [-0.1, -0.05) is 69.5 Å². The number of aliphatic imine (C=N–C) groups is 1. The van der Waals surface area contributed by atoms with Crippen molar-refractivity contribution in [2.75, 3.05) is 13.2 Å². The maximum atomic E-state index is 14.5. The van der Waals surface area contributed by atoms with Crippen LogP contribution >= 0.6 is 0 Å². The number of rotatable bonds is 23. The molecule has 55 heavy (non-hydrogen) atoms. The molecule has 0 radical (unpaired) electrons. The molecule has 2 atom stereocenters. The van der Waals surface area contributed by atoms with Crippen LogP contribution in [0.3, 0.4) is 0 Å². The number of Topliss-reactive ketones (excluding diaryl/α,β-unsaturated/α-hetero) is 4. The first-order valence-electron chi connectivity index (χ1n) is 19.6. The summed E-state index contributed by atoms with van der Waals surface area (Å²) in [6, 6.07) is 15.0. The summed E-state index contributed by atoms with van der Waals surface area (Å²) in [5, 5.41) is 16.9. The van der Waals surface area contributed by atoms with Crippen molar-refractivity contribution in [3.8, 4) is 0 Å². The van der Waals surface area contributed by atoms with E-state index in [4.69, 9.17) is 9.57 Å². The summed E-state index contributed by atoms with van der Waals surface area (Å²) >= 11 is 0. The molecule has 1 heterocycles. The lowest BCUT2D eigenvalue weighted by Gasteiger charge is -2.18. The molecule has 1 aromatic heterocycles. The molecule has 0 aliphatic heterocycles. The Bertz CT molecular complexity index is 2090. The second-order valence-electron chi connectivity index (χ2n) is 14.1. The molecule has 1 N–H and O–H groups in total. The number of oxime groups is 1. The third-order valence-electron chi connectivity index (χ3n) is 9.73. The van der Waals surface area contributed by atoms with E-state index in [1.54, 1.807) is 19.1 Å². The fourth-order valence-electron chi connectivity index (χ4n) is 6.91. The molecule has 0 spiro atoms. The maximum absolute atomic E-state index is 14.5. The van der Waals surface area contributed by atoms with E-state index >= 15 is 0 Å². The summed E-state index contributed by atoms with van der Waals surface area (Å²) in [6.07, 6.45) is 4.12. The zero-order valence-electron chi connectivity index (χ0n) is 33.1. The summed E-state index contributed by atoms with van der Waals surface area (Å²) < 4.78 is 7.37. The van der Waals surface area contributed by atoms with E-state index in [0.717, 1.165) is 59.4 Å². The van der Waals surface area contributed by atoms with Gasteiger partial charge in [-0.2, -0.15) is 0 Å². The predicted molar refractivity (Wildman–Crippen MR) is 217 cm³/mol. The van der Waals surface area contributed by atoms with Crippen LogP contribution in [0, 0.1) is 5.92 Å². The lowest BCUT2D eigenvalue weighted by Crippen LogP contribution is -2.18. The second kappa shape index (κ2) is 20.6. The number of aliphatic hydroxyl groups excluding tert-OH is 1. The molecule has 0 fully saturated rings. The Morgan fingerprint density at radius 3 is 2.18 bits per heavy atom. The lowest BCUT2D eigenvalue weighted by molar-refractivity contribution is -0.142. The van der Waals surface area contributed by atoms with Gasteiger partial charge in [0.25, 0.3) is 0 Å². The van der Waals surface area contributed by atoms with Gasteiger partial charge in [-0.05, 0) is 62.3 Å². The molecule has 11 nitrogen and oxygen atoms in total. The molecule has 3 aromatic carbocycles. The van der Waals surface area contributed by atoms with Gasteiger partial charge in [0.05, 0.1) is 30.8 Å². The Morgan fingerprint density at radius 1 is 0.800 bits per heavy atom. The first kappa shape index (κ1) is 42.7. The highest BCUT2D eigenvalue weighted by Crippen LogP contribution is 2.38. The number of unbranched alkanes of at least 4 members (excludes halogenated alkanes) is 1. The molecule has 11 heteroatoms. The first-order chi connectivity index (χ1) is 26.4. The molecular weight excluding hydrogens is 698 g/mol. The highest BCUT2D eigenvalue weighted by molar-refractivity contribution is 6.49. The smallest absolute Gasteiger partial charge is 0.306 e. The minimum absolute atomic E-state index is 0.00245. The van der Waals surface area contributed by atoms with Gasteiger partial charge in [0, 0.05) is 72.0 Å². The first-order valence-corrected chi connectivity index (χ1v) is 19.6. The van der Waals surface area contributed by atoms with Crippen molar-refractivity contribution in [1.82, 2.24) is 4.57 Å². The standard InChI is InChI=1S/C44H55N3O8/c1-7-11-15-30(9-3)27-47-40-22-18-31(43(52)38(45-26-28(5)48)21-23-41(51)54-10-4)24-35(40)36-25-37(33-16-12-13-17-34(33)42(36)47)44(53)39(46-55-29(6)49)20-19-32(50)14-8-2/h12-13,16-18,22,24-25,29-30,49H,7-11,14-15,19-21,23,26-27H2,1-6H3/b45-38-,46-39+. The van der Waals surface area contributed by atoms with Gasteiger partial charge in [0.15, 0.2) is 5.78 Å². The Labute approximate surface area is 323 Å². The average molecular weight is 754 g/mol. The number of ether oxygens (including phenoxy) is 1. The van der Waals surface area contributed by atoms with Gasteiger partial charge in [-0.3, -0.25) is 29.0 Å². The number of nitrogens with zero attached hydrogens (tertiary/aromatic N) is 3. The van der Waals surface area contributed by atoms with Crippen molar-refractivity contribution in [3.63, 3.8) is 0 Å². The van der Waals surface area contributed by atoms with E-state index < -0.39 is 23.8 Å². The Morgan fingerprint density at radius 2 is 1.53 bits per heavy atom. The zero-order valence-corrected chi connectivity index (χ0v) is 33.1. The van der Waals surface area contributed by atoms with Crippen LogP contribution in [0.5, 0.6) is 0 Å². The van der Waals surface area contributed by atoms with Crippen LogP contribution in [0.4, 0.5) is 0 Å². The molecular formula is C44H55N3O8. The molecule has 2 unspecified atom stereocenters. The summed E-state index contributed by atoms with van der Waals surface area (Å²) in [5.74, 6) is -1.12. The van der Waals surface area contributed by atoms with Crippen molar-refractivity contribution >= 4 is 73.1 Å². The summed E-state index contributed by atoms with van der Waals surface area (Å²) in [6.45, 7) is 11.5. The van der Waals surface area contributed by atoms with E-state index in [1.807, 2.05) is 43.3 Å². The van der Waals surface area contributed by atoms with E-state index in [-0.39, 0.29) is 61.8 Å². The molecule has 0 aliphatic carbocycles. The topological polar surface area (TPSA) is 154 Å². The lowest BCUT2D eigenvalue weighted by atomic mass is 9.93. The molecule has 294 valence electrons. The minimum Gasteiger partial charge on any atom is -0.466 e. The van der Waals surface area contributed by atoms with Crippen LogP contribution in [0.25, 0.3) is 32.6 Å². The van der Waals surface area contributed by atoms with Crippen molar-refractivity contribution < 1.29 is 38.7 Å². The number of fused-ring (bicyclic) bond motifs is 5. The van der Waals surface area contributed by atoms with Gasteiger partial charge >= 0.3 is 5.97 Å². The van der Waals surface area contributed by atoms with E-state index in [0.29, 0.717) is 35.3 Å².